The maximum Gasteiger partial charge on any atom is 0.224 e. The van der Waals surface area contributed by atoms with Gasteiger partial charge in [-0.15, -0.1) is 0 Å². The molecule has 2 aromatic carbocycles. The second-order valence-corrected chi connectivity index (χ2v) is 6.45. The van der Waals surface area contributed by atoms with Gasteiger partial charge in [-0.3, -0.25) is 4.79 Å². The number of ether oxygens (including phenoxy) is 1. The largest absolute Gasteiger partial charge is 0.497 e. The highest BCUT2D eigenvalue weighted by Gasteiger charge is 2.11. The molecular weight excluding hydrogens is 342 g/mol. The molecule has 6 nitrogen and oxygen atoms in total. The van der Waals surface area contributed by atoms with Gasteiger partial charge in [-0.25, -0.2) is 4.98 Å². The van der Waals surface area contributed by atoms with Crippen LogP contribution in [0.5, 0.6) is 5.75 Å². The van der Waals surface area contributed by atoms with Crippen molar-refractivity contribution in [3.8, 4) is 5.75 Å². The van der Waals surface area contributed by atoms with Crippen molar-refractivity contribution in [1.29, 1.82) is 0 Å². The molecule has 2 aromatic heterocycles. The summed E-state index contributed by atoms with van der Waals surface area (Å²) in [7, 11) is 1.61. The maximum atomic E-state index is 12.2. The summed E-state index contributed by atoms with van der Waals surface area (Å²) in [5, 5.41) is 3.90. The van der Waals surface area contributed by atoms with Crippen LogP contribution >= 0.6 is 0 Å². The fraction of sp³-hybridized carbons (Fsp3) is 0.238. The van der Waals surface area contributed by atoms with E-state index in [0.717, 1.165) is 52.0 Å². The van der Waals surface area contributed by atoms with Crippen molar-refractivity contribution in [3.05, 3.63) is 60.1 Å². The number of rotatable bonds is 7. The molecule has 2 heterocycles. The zero-order valence-electron chi connectivity index (χ0n) is 15.1. The zero-order valence-corrected chi connectivity index (χ0v) is 15.1. The SMILES string of the molecule is COc1ccc2c(CC(=O)NCCCc3nc4ccccc4[nH]3)coc2c1. The van der Waals surface area contributed by atoms with Crippen LogP contribution in [0.2, 0.25) is 0 Å². The van der Waals surface area contributed by atoms with Gasteiger partial charge in [0, 0.05) is 30.0 Å². The molecule has 0 atom stereocenters. The minimum absolute atomic E-state index is 0.0156. The first kappa shape index (κ1) is 17.1. The van der Waals surface area contributed by atoms with Crippen LogP contribution in [0.25, 0.3) is 22.0 Å². The van der Waals surface area contributed by atoms with E-state index in [-0.39, 0.29) is 5.91 Å². The number of furan rings is 1. The minimum Gasteiger partial charge on any atom is -0.497 e. The molecule has 0 aliphatic heterocycles. The molecule has 1 amide bonds. The van der Waals surface area contributed by atoms with Gasteiger partial charge in [-0.2, -0.15) is 0 Å². The number of nitrogens with one attached hydrogen (secondary N) is 2. The van der Waals surface area contributed by atoms with Crippen LogP contribution in [-0.4, -0.2) is 29.5 Å². The molecule has 138 valence electrons. The maximum absolute atomic E-state index is 12.2. The second-order valence-electron chi connectivity index (χ2n) is 6.45. The number of aryl methyl sites for hydroxylation is 1. The third-order valence-corrected chi connectivity index (χ3v) is 4.56. The number of fused-ring (bicyclic) bond motifs is 2. The van der Waals surface area contributed by atoms with E-state index in [1.54, 1.807) is 13.4 Å². The lowest BCUT2D eigenvalue weighted by Crippen LogP contribution is -2.26. The van der Waals surface area contributed by atoms with E-state index in [4.69, 9.17) is 9.15 Å². The van der Waals surface area contributed by atoms with Crippen molar-refractivity contribution in [3.63, 3.8) is 0 Å². The zero-order chi connectivity index (χ0) is 18.6. The van der Waals surface area contributed by atoms with Gasteiger partial charge in [0.1, 0.15) is 17.2 Å². The Morgan fingerprint density at radius 3 is 3.00 bits per heavy atom. The lowest BCUT2D eigenvalue weighted by atomic mass is 10.1. The van der Waals surface area contributed by atoms with E-state index >= 15 is 0 Å². The molecule has 2 N–H and O–H groups in total. The number of hydrogen-bond donors (Lipinski definition) is 2. The van der Waals surface area contributed by atoms with E-state index in [9.17, 15) is 4.79 Å². The third-order valence-electron chi connectivity index (χ3n) is 4.56. The van der Waals surface area contributed by atoms with E-state index in [1.807, 2.05) is 42.5 Å². The predicted octanol–water partition coefficient (Wildman–Crippen LogP) is 3.61. The Morgan fingerprint density at radius 1 is 1.26 bits per heavy atom. The molecule has 0 radical (unpaired) electrons. The molecule has 0 fully saturated rings. The van der Waals surface area contributed by atoms with Gasteiger partial charge >= 0.3 is 0 Å². The average molecular weight is 363 g/mol. The molecule has 0 unspecified atom stereocenters. The van der Waals surface area contributed by atoms with Crippen LogP contribution < -0.4 is 10.1 Å². The van der Waals surface area contributed by atoms with Gasteiger partial charge in [0.25, 0.3) is 0 Å². The van der Waals surface area contributed by atoms with Crippen LogP contribution in [0.1, 0.15) is 17.8 Å². The summed E-state index contributed by atoms with van der Waals surface area (Å²) in [6, 6.07) is 13.6. The van der Waals surface area contributed by atoms with Gasteiger partial charge < -0.3 is 19.5 Å². The first-order valence-electron chi connectivity index (χ1n) is 8.97. The fourth-order valence-corrected chi connectivity index (χ4v) is 3.17. The van der Waals surface area contributed by atoms with Crippen LogP contribution in [0.4, 0.5) is 0 Å². The van der Waals surface area contributed by atoms with Crippen LogP contribution in [0.3, 0.4) is 0 Å². The number of hydrogen-bond acceptors (Lipinski definition) is 4. The highest BCUT2D eigenvalue weighted by Crippen LogP contribution is 2.25. The Bertz CT molecular complexity index is 1050. The van der Waals surface area contributed by atoms with Crippen molar-refractivity contribution in [2.45, 2.75) is 19.3 Å². The van der Waals surface area contributed by atoms with Crippen LogP contribution in [-0.2, 0) is 17.6 Å². The molecule has 0 aliphatic carbocycles. The number of aromatic nitrogens is 2. The summed E-state index contributed by atoms with van der Waals surface area (Å²) in [4.78, 5) is 20.1. The molecule has 0 saturated heterocycles. The lowest BCUT2D eigenvalue weighted by molar-refractivity contribution is -0.120. The Hall–Kier alpha value is -3.28. The van der Waals surface area contributed by atoms with E-state index in [0.29, 0.717) is 13.0 Å². The number of carbonyl (C=O) groups is 1. The highest BCUT2D eigenvalue weighted by atomic mass is 16.5. The van der Waals surface area contributed by atoms with Gasteiger partial charge in [-0.05, 0) is 30.7 Å². The Balaban J connectivity index is 1.28. The number of para-hydroxylation sites is 2. The Labute approximate surface area is 156 Å². The second kappa shape index (κ2) is 7.53. The third kappa shape index (κ3) is 3.79. The predicted molar refractivity (Wildman–Crippen MR) is 104 cm³/mol. The molecule has 27 heavy (non-hydrogen) atoms. The number of benzene rings is 2. The molecule has 0 aliphatic rings. The van der Waals surface area contributed by atoms with Gasteiger partial charge in [0.2, 0.25) is 5.91 Å². The number of aromatic amines is 1. The van der Waals surface area contributed by atoms with Crippen molar-refractivity contribution in [2.75, 3.05) is 13.7 Å². The molecule has 0 spiro atoms. The average Bonchev–Trinajstić information content (AvgIpc) is 3.28. The summed E-state index contributed by atoms with van der Waals surface area (Å²) in [6.45, 7) is 0.611. The first-order chi connectivity index (χ1) is 13.2. The lowest BCUT2D eigenvalue weighted by Gasteiger charge is -2.04. The molecule has 6 heteroatoms. The molecule has 4 aromatic rings. The fourth-order valence-electron chi connectivity index (χ4n) is 3.17. The summed E-state index contributed by atoms with van der Waals surface area (Å²) >= 11 is 0. The molecule has 0 bridgehead atoms. The van der Waals surface area contributed by atoms with Gasteiger partial charge in [0.05, 0.1) is 30.8 Å². The summed E-state index contributed by atoms with van der Waals surface area (Å²) < 4.78 is 10.7. The monoisotopic (exact) mass is 363 g/mol. The van der Waals surface area contributed by atoms with Crippen LogP contribution in [0, 0.1) is 0 Å². The van der Waals surface area contributed by atoms with E-state index in [2.05, 4.69) is 15.3 Å². The summed E-state index contributed by atoms with van der Waals surface area (Å²) in [5.74, 6) is 1.66. The van der Waals surface area contributed by atoms with E-state index in [1.165, 1.54) is 0 Å². The number of H-pyrrole nitrogens is 1. The molecular formula is C21H21N3O3. The molecule has 0 saturated carbocycles. The Morgan fingerprint density at radius 2 is 2.15 bits per heavy atom. The van der Waals surface area contributed by atoms with Crippen LogP contribution in [0.15, 0.2) is 53.1 Å². The molecule has 4 rings (SSSR count). The van der Waals surface area contributed by atoms with Gasteiger partial charge in [0.15, 0.2) is 0 Å². The highest BCUT2D eigenvalue weighted by molar-refractivity contribution is 5.88. The normalized spacial score (nSPS) is 11.1. The number of carbonyl (C=O) groups excluding carboxylic acids is 1. The topological polar surface area (TPSA) is 80.1 Å². The summed E-state index contributed by atoms with van der Waals surface area (Å²) in [6.07, 6.45) is 3.56. The number of nitrogens with zero attached hydrogens (tertiary/aromatic N) is 1. The smallest absolute Gasteiger partial charge is 0.224 e. The minimum atomic E-state index is -0.0156. The van der Waals surface area contributed by atoms with Gasteiger partial charge in [-0.1, -0.05) is 12.1 Å². The number of amides is 1. The number of imidazole rings is 1. The quantitative estimate of drug-likeness (QED) is 0.492. The first-order valence-corrected chi connectivity index (χ1v) is 8.97. The van der Waals surface area contributed by atoms with Crippen molar-refractivity contribution in [1.82, 2.24) is 15.3 Å². The van der Waals surface area contributed by atoms with Crippen molar-refractivity contribution in [2.24, 2.45) is 0 Å². The van der Waals surface area contributed by atoms with E-state index < -0.39 is 0 Å². The Kier molecular flexibility index (Phi) is 4.78. The summed E-state index contributed by atoms with van der Waals surface area (Å²) in [5.41, 5.74) is 3.62. The van der Waals surface area contributed by atoms with Crippen molar-refractivity contribution < 1.29 is 13.9 Å². The number of methoxy groups -OCH3 is 1. The standard InChI is InChI=1S/C21H21N3O3/c1-26-15-8-9-16-14(13-27-19(16)12-15)11-21(25)22-10-4-7-20-23-17-5-2-3-6-18(17)24-20/h2-3,5-6,8-9,12-13H,4,7,10-11H2,1H3,(H,22,25)(H,23,24). The van der Waals surface area contributed by atoms with Crippen molar-refractivity contribution >= 4 is 27.9 Å².